The largest absolute Gasteiger partial charge is 0.383 e. The number of benzene rings is 1. The van der Waals surface area contributed by atoms with Crippen molar-refractivity contribution in [3.8, 4) is 0 Å². The van der Waals surface area contributed by atoms with Gasteiger partial charge in [-0.1, -0.05) is 30.3 Å². The van der Waals surface area contributed by atoms with E-state index in [0.29, 0.717) is 18.7 Å². The predicted octanol–water partition coefficient (Wildman–Crippen LogP) is 2.48. The minimum atomic E-state index is -0.132. The first kappa shape index (κ1) is 17.0. The van der Waals surface area contributed by atoms with Crippen LogP contribution in [0.5, 0.6) is 0 Å². The summed E-state index contributed by atoms with van der Waals surface area (Å²) in [5, 5.41) is 2.78. The van der Waals surface area contributed by atoms with Crippen molar-refractivity contribution in [3.63, 3.8) is 0 Å². The van der Waals surface area contributed by atoms with Crippen LogP contribution in [-0.2, 0) is 11.3 Å². The van der Waals surface area contributed by atoms with Gasteiger partial charge in [-0.3, -0.25) is 4.79 Å². The zero-order valence-corrected chi connectivity index (χ0v) is 13.7. The lowest BCUT2D eigenvalue weighted by Crippen LogP contribution is -2.27. The molecule has 0 saturated carbocycles. The fraction of sp³-hybridized carbons (Fsp3) is 0.333. The van der Waals surface area contributed by atoms with Crippen molar-refractivity contribution in [2.45, 2.75) is 13.5 Å². The topological polar surface area (TPSA) is 54.5 Å². The van der Waals surface area contributed by atoms with Gasteiger partial charge >= 0.3 is 0 Å². The second-order valence-corrected chi connectivity index (χ2v) is 5.15. The highest BCUT2D eigenvalue weighted by atomic mass is 16.5. The van der Waals surface area contributed by atoms with Crippen LogP contribution in [0, 0.1) is 0 Å². The van der Waals surface area contributed by atoms with Crippen LogP contribution in [0.15, 0.2) is 48.7 Å². The Hall–Kier alpha value is -2.40. The number of ether oxygens (including phenoxy) is 1. The zero-order valence-electron chi connectivity index (χ0n) is 13.7. The molecule has 0 aliphatic carbocycles. The molecule has 0 spiro atoms. The molecule has 2 rings (SSSR count). The Labute approximate surface area is 137 Å². The summed E-state index contributed by atoms with van der Waals surface area (Å²) in [6, 6.07) is 14.0. The second-order valence-electron chi connectivity index (χ2n) is 5.15. The molecule has 2 aromatic rings. The van der Waals surface area contributed by atoms with E-state index in [1.165, 1.54) is 5.56 Å². The third-order valence-electron chi connectivity index (χ3n) is 3.52. The van der Waals surface area contributed by atoms with E-state index in [-0.39, 0.29) is 5.91 Å². The van der Waals surface area contributed by atoms with Crippen LogP contribution in [0.3, 0.4) is 0 Å². The Morgan fingerprint density at radius 1 is 1.22 bits per heavy atom. The summed E-state index contributed by atoms with van der Waals surface area (Å²) in [6.07, 6.45) is 1.62. The average Bonchev–Trinajstić information content (AvgIpc) is 2.61. The molecule has 0 atom stereocenters. The third kappa shape index (κ3) is 5.07. The van der Waals surface area contributed by atoms with E-state index in [9.17, 15) is 4.79 Å². The molecule has 0 aliphatic rings. The summed E-state index contributed by atoms with van der Waals surface area (Å²) in [7, 11) is 1.61. The molecular weight excluding hydrogens is 290 g/mol. The number of aromatic nitrogens is 1. The summed E-state index contributed by atoms with van der Waals surface area (Å²) < 4.78 is 4.91. The van der Waals surface area contributed by atoms with E-state index in [1.807, 2.05) is 24.3 Å². The molecule has 5 heteroatoms. The molecule has 1 N–H and O–H groups in total. The fourth-order valence-electron chi connectivity index (χ4n) is 2.23. The molecule has 0 fully saturated rings. The first-order valence-corrected chi connectivity index (χ1v) is 7.76. The Kier molecular flexibility index (Phi) is 6.56. The Balaban J connectivity index is 2.00. The van der Waals surface area contributed by atoms with Crippen LogP contribution in [0.4, 0.5) is 5.82 Å². The first-order chi connectivity index (χ1) is 11.2. The fourth-order valence-corrected chi connectivity index (χ4v) is 2.23. The van der Waals surface area contributed by atoms with Crippen molar-refractivity contribution >= 4 is 11.7 Å². The number of carbonyl (C=O) groups excluding carboxylic acids is 1. The number of nitrogens with one attached hydrogen (secondary N) is 1. The van der Waals surface area contributed by atoms with E-state index < -0.39 is 0 Å². The summed E-state index contributed by atoms with van der Waals surface area (Å²) in [4.78, 5) is 18.5. The number of pyridine rings is 1. The van der Waals surface area contributed by atoms with Crippen LogP contribution < -0.4 is 10.2 Å². The van der Waals surface area contributed by atoms with Crippen molar-refractivity contribution in [3.05, 3.63) is 59.8 Å². The molecule has 0 aliphatic heterocycles. The highest BCUT2D eigenvalue weighted by molar-refractivity contribution is 5.94. The number of carbonyl (C=O) groups is 1. The number of hydrogen-bond acceptors (Lipinski definition) is 4. The third-order valence-corrected chi connectivity index (χ3v) is 3.52. The molecule has 0 radical (unpaired) electrons. The maximum atomic E-state index is 11.9. The van der Waals surface area contributed by atoms with Crippen LogP contribution >= 0.6 is 0 Å². The summed E-state index contributed by atoms with van der Waals surface area (Å²) in [6.45, 7) is 4.73. The van der Waals surface area contributed by atoms with Gasteiger partial charge in [0.2, 0.25) is 0 Å². The standard InChI is InChI=1S/C18H23N3O2/c1-3-21(14-15-7-5-4-6-8-15)17-10-9-16(13-20-17)18(22)19-11-12-23-2/h4-10,13H,3,11-12,14H2,1-2H3,(H,19,22). The van der Waals surface area contributed by atoms with Crippen molar-refractivity contribution < 1.29 is 9.53 Å². The SMILES string of the molecule is CCN(Cc1ccccc1)c1ccc(C(=O)NCCOC)cn1. The lowest BCUT2D eigenvalue weighted by Gasteiger charge is -2.22. The predicted molar refractivity (Wildman–Crippen MR) is 91.6 cm³/mol. The lowest BCUT2D eigenvalue weighted by molar-refractivity contribution is 0.0937. The van der Waals surface area contributed by atoms with Gasteiger partial charge < -0.3 is 15.0 Å². The smallest absolute Gasteiger partial charge is 0.252 e. The van der Waals surface area contributed by atoms with Gasteiger partial charge in [0.25, 0.3) is 5.91 Å². The van der Waals surface area contributed by atoms with Gasteiger partial charge in [0.05, 0.1) is 12.2 Å². The van der Waals surface area contributed by atoms with Gasteiger partial charge in [0.15, 0.2) is 0 Å². The normalized spacial score (nSPS) is 10.3. The maximum Gasteiger partial charge on any atom is 0.252 e. The Morgan fingerprint density at radius 2 is 2.00 bits per heavy atom. The molecule has 0 unspecified atom stereocenters. The van der Waals surface area contributed by atoms with Gasteiger partial charge in [-0.05, 0) is 24.6 Å². The molecule has 0 bridgehead atoms. The van der Waals surface area contributed by atoms with Crippen molar-refractivity contribution in [2.24, 2.45) is 0 Å². The number of hydrogen-bond donors (Lipinski definition) is 1. The molecule has 5 nitrogen and oxygen atoms in total. The molecule has 23 heavy (non-hydrogen) atoms. The van der Waals surface area contributed by atoms with Crippen molar-refractivity contribution in [2.75, 3.05) is 31.7 Å². The first-order valence-electron chi connectivity index (χ1n) is 7.76. The quantitative estimate of drug-likeness (QED) is 0.761. The van der Waals surface area contributed by atoms with E-state index in [2.05, 4.69) is 34.3 Å². The monoisotopic (exact) mass is 313 g/mol. The average molecular weight is 313 g/mol. The van der Waals surface area contributed by atoms with E-state index in [0.717, 1.165) is 18.9 Å². The highest BCUT2D eigenvalue weighted by Crippen LogP contribution is 2.14. The molecule has 1 amide bonds. The molecule has 122 valence electrons. The van der Waals surface area contributed by atoms with Crippen molar-refractivity contribution in [1.29, 1.82) is 0 Å². The summed E-state index contributed by atoms with van der Waals surface area (Å²) >= 11 is 0. The van der Waals surface area contributed by atoms with E-state index in [4.69, 9.17) is 4.74 Å². The molecule has 1 aromatic carbocycles. The number of nitrogens with zero attached hydrogens (tertiary/aromatic N) is 2. The lowest BCUT2D eigenvalue weighted by atomic mass is 10.2. The summed E-state index contributed by atoms with van der Waals surface area (Å²) in [5.74, 6) is 0.733. The Morgan fingerprint density at radius 3 is 2.61 bits per heavy atom. The number of anilines is 1. The molecular formula is C18H23N3O2. The van der Waals surface area contributed by atoms with Gasteiger partial charge in [-0.2, -0.15) is 0 Å². The van der Waals surface area contributed by atoms with Gasteiger partial charge in [-0.15, -0.1) is 0 Å². The van der Waals surface area contributed by atoms with Gasteiger partial charge in [-0.25, -0.2) is 4.98 Å². The van der Waals surface area contributed by atoms with E-state index >= 15 is 0 Å². The zero-order chi connectivity index (χ0) is 16.5. The number of rotatable bonds is 8. The maximum absolute atomic E-state index is 11.9. The number of amides is 1. The van der Waals surface area contributed by atoms with Crippen LogP contribution in [0.25, 0.3) is 0 Å². The highest BCUT2D eigenvalue weighted by Gasteiger charge is 2.09. The van der Waals surface area contributed by atoms with Gasteiger partial charge in [0, 0.05) is 32.9 Å². The van der Waals surface area contributed by atoms with Crippen LogP contribution in [0.1, 0.15) is 22.8 Å². The second kappa shape index (κ2) is 8.90. The molecule has 1 heterocycles. The molecule has 1 aromatic heterocycles. The summed E-state index contributed by atoms with van der Waals surface area (Å²) in [5.41, 5.74) is 1.79. The minimum Gasteiger partial charge on any atom is -0.383 e. The van der Waals surface area contributed by atoms with Gasteiger partial charge in [0.1, 0.15) is 5.82 Å². The minimum absolute atomic E-state index is 0.132. The van der Waals surface area contributed by atoms with Crippen LogP contribution in [0.2, 0.25) is 0 Å². The number of methoxy groups -OCH3 is 1. The van der Waals surface area contributed by atoms with Crippen molar-refractivity contribution in [1.82, 2.24) is 10.3 Å². The molecule has 0 saturated heterocycles. The Bertz CT molecular complexity index is 599. The van der Waals surface area contributed by atoms with Crippen LogP contribution in [-0.4, -0.2) is 37.7 Å². The van der Waals surface area contributed by atoms with E-state index in [1.54, 1.807) is 19.4 Å².